The number of alkyl halides is 9. The lowest BCUT2D eigenvalue weighted by Crippen LogP contribution is -2.65. The molecule has 0 aliphatic carbocycles. The van der Waals surface area contributed by atoms with Crippen LogP contribution in [-0.4, -0.2) is 73.6 Å². The number of nitrogens with zero attached hydrogens (tertiary/aromatic N) is 2. The maximum atomic E-state index is 13.8. The maximum absolute atomic E-state index is 13.8. The molecule has 0 heterocycles. The zero-order chi connectivity index (χ0) is 21.9. The molecule has 0 aliphatic heterocycles. The average Bonchev–Trinajstić information content (AvgIpc) is 2.53. The molecule has 27 heavy (non-hydrogen) atoms. The molecule has 164 valence electrons. The number of rotatable bonds is 11. The van der Waals surface area contributed by atoms with Crippen LogP contribution in [0.5, 0.6) is 0 Å². The van der Waals surface area contributed by atoms with Gasteiger partial charge in [-0.1, -0.05) is 20.8 Å². The summed E-state index contributed by atoms with van der Waals surface area (Å²) < 4.78 is 140. The Morgan fingerprint density at radius 2 is 1.15 bits per heavy atom. The topological polar surface area (TPSA) is 40.6 Å². The molecule has 0 fully saturated rings. The maximum Gasteiger partial charge on any atom is 0.460 e. The fourth-order valence-corrected chi connectivity index (χ4v) is 3.63. The van der Waals surface area contributed by atoms with Crippen LogP contribution in [0.3, 0.4) is 0 Å². The van der Waals surface area contributed by atoms with Crippen LogP contribution in [0.15, 0.2) is 0 Å². The molecule has 0 radical (unpaired) electrons. The van der Waals surface area contributed by atoms with Gasteiger partial charge in [-0.25, -0.2) is 8.42 Å². The van der Waals surface area contributed by atoms with E-state index >= 15 is 0 Å². The van der Waals surface area contributed by atoms with Gasteiger partial charge in [0.2, 0.25) is 0 Å². The predicted octanol–water partition coefficient (Wildman–Crippen LogP) is 3.80. The van der Waals surface area contributed by atoms with Crippen molar-refractivity contribution in [2.75, 3.05) is 32.7 Å². The van der Waals surface area contributed by atoms with E-state index in [2.05, 4.69) is 0 Å². The van der Waals surface area contributed by atoms with Crippen molar-refractivity contribution in [3.8, 4) is 0 Å². The van der Waals surface area contributed by atoms with Gasteiger partial charge >= 0.3 is 23.3 Å². The Balaban J connectivity index is 5.73. The zero-order valence-corrected chi connectivity index (χ0v) is 15.6. The third-order valence-corrected chi connectivity index (χ3v) is 5.93. The summed E-state index contributed by atoms with van der Waals surface area (Å²) in [5, 5.41) is -6.68. The van der Waals surface area contributed by atoms with Crippen molar-refractivity contribution >= 4 is 10.0 Å². The average molecular weight is 440 g/mol. The van der Waals surface area contributed by atoms with E-state index in [-0.39, 0.29) is 17.3 Å². The zero-order valence-electron chi connectivity index (χ0n) is 14.8. The van der Waals surface area contributed by atoms with Crippen molar-refractivity contribution in [1.29, 1.82) is 0 Å². The molecular formula is C13H21F9N2O2S. The molecule has 0 spiro atoms. The highest BCUT2D eigenvalue weighted by atomic mass is 32.2. The van der Waals surface area contributed by atoms with E-state index in [9.17, 15) is 47.9 Å². The largest absolute Gasteiger partial charge is 0.460 e. The summed E-state index contributed by atoms with van der Waals surface area (Å²) in [5.41, 5.74) is 0. The molecule has 0 aromatic heterocycles. The molecule has 0 atom stereocenters. The summed E-state index contributed by atoms with van der Waals surface area (Å²) in [6.45, 7) is 4.09. The molecule has 0 rings (SSSR count). The minimum Gasteiger partial charge on any atom is -0.304 e. The summed E-state index contributed by atoms with van der Waals surface area (Å²) in [6, 6.07) is 0. The lowest BCUT2D eigenvalue weighted by molar-refractivity contribution is -0.382. The Kier molecular flexibility index (Phi) is 8.47. The molecule has 0 N–H and O–H groups in total. The second-order valence-corrected chi connectivity index (χ2v) is 7.52. The fourth-order valence-electron chi connectivity index (χ4n) is 2.14. The normalized spacial score (nSPS) is 15.0. The van der Waals surface area contributed by atoms with Gasteiger partial charge in [-0.05, 0) is 26.1 Å². The smallest absolute Gasteiger partial charge is 0.304 e. The summed E-state index contributed by atoms with van der Waals surface area (Å²) in [7, 11) is -6.51. The van der Waals surface area contributed by atoms with Gasteiger partial charge in [-0.15, -0.1) is 0 Å². The Labute approximate surface area is 151 Å². The molecule has 0 saturated carbocycles. The number of sulfonamides is 1. The van der Waals surface area contributed by atoms with E-state index in [4.69, 9.17) is 0 Å². The standard InChI is InChI=1S/C13H21F9N2O2S/c1-4-23(5-2)8-7-9-24(6-3)27(25,26)13(21,22)11(16,17)10(14,15)12(18,19)20/h4-9H2,1-3H3. The van der Waals surface area contributed by atoms with Gasteiger partial charge in [0.1, 0.15) is 0 Å². The molecule has 14 heteroatoms. The van der Waals surface area contributed by atoms with Gasteiger partial charge in [0, 0.05) is 13.1 Å². The number of hydrogen-bond acceptors (Lipinski definition) is 3. The van der Waals surface area contributed by atoms with Crippen LogP contribution < -0.4 is 0 Å². The SMILES string of the molecule is CCN(CC)CCCN(CC)S(=O)(=O)C(F)(F)C(F)(F)C(F)(F)C(F)(F)F. The lowest BCUT2D eigenvalue weighted by Gasteiger charge is -2.35. The Bertz CT molecular complexity index is 575. The van der Waals surface area contributed by atoms with Gasteiger partial charge in [0.25, 0.3) is 10.0 Å². The Morgan fingerprint density at radius 3 is 1.48 bits per heavy atom. The van der Waals surface area contributed by atoms with Crippen LogP contribution >= 0.6 is 0 Å². The monoisotopic (exact) mass is 440 g/mol. The highest BCUT2D eigenvalue weighted by Crippen LogP contribution is 2.55. The quantitative estimate of drug-likeness (QED) is 0.459. The summed E-state index contributed by atoms with van der Waals surface area (Å²) in [4.78, 5) is 1.74. The molecule has 0 aromatic carbocycles. The predicted molar refractivity (Wildman–Crippen MR) is 79.5 cm³/mol. The van der Waals surface area contributed by atoms with Crippen molar-refractivity contribution in [2.24, 2.45) is 0 Å². The summed E-state index contributed by atoms with van der Waals surface area (Å²) >= 11 is 0. The minimum absolute atomic E-state index is 0.119. The Hall–Kier alpha value is -0.760. The number of hydrogen-bond donors (Lipinski definition) is 0. The second-order valence-electron chi connectivity index (χ2n) is 5.54. The lowest BCUT2D eigenvalue weighted by atomic mass is 10.1. The van der Waals surface area contributed by atoms with E-state index in [0.29, 0.717) is 13.1 Å². The van der Waals surface area contributed by atoms with E-state index in [0.717, 1.165) is 6.92 Å². The van der Waals surface area contributed by atoms with Gasteiger partial charge in [0.15, 0.2) is 0 Å². The van der Waals surface area contributed by atoms with Crippen LogP contribution in [-0.2, 0) is 10.0 Å². The molecule has 0 aromatic rings. The van der Waals surface area contributed by atoms with E-state index in [1.165, 1.54) is 0 Å². The van der Waals surface area contributed by atoms with Crippen LogP contribution in [0.2, 0.25) is 0 Å². The highest BCUT2D eigenvalue weighted by Gasteiger charge is 2.85. The van der Waals surface area contributed by atoms with Crippen LogP contribution in [0.4, 0.5) is 39.5 Å². The van der Waals surface area contributed by atoms with Gasteiger partial charge in [-0.2, -0.15) is 43.8 Å². The van der Waals surface area contributed by atoms with Crippen molar-refractivity contribution in [1.82, 2.24) is 9.21 Å². The van der Waals surface area contributed by atoms with Crippen LogP contribution in [0.1, 0.15) is 27.2 Å². The van der Waals surface area contributed by atoms with Crippen molar-refractivity contribution in [3.63, 3.8) is 0 Å². The first kappa shape index (κ1) is 26.2. The fraction of sp³-hybridized carbons (Fsp3) is 1.00. The van der Waals surface area contributed by atoms with Crippen LogP contribution in [0.25, 0.3) is 0 Å². The van der Waals surface area contributed by atoms with Gasteiger partial charge in [0.05, 0.1) is 0 Å². The minimum atomic E-state index is -7.25. The van der Waals surface area contributed by atoms with E-state index < -0.39 is 46.4 Å². The summed E-state index contributed by atoms with van der Waals surface area (Å²) in [6.07, 6.45) is -7.19. The second kappa shape index (κ2) is 8.72. The highest BCUT2D eigenvalue weighted by molar-refractivity contribution is 7.90. The van der Waals surface area contributed by atoms with Crippen molar-refractivity contribution < 1.29 is 47.9 Å². The first-order valence-electron chi connectivity index (χ1n) is 7.87. The molecular weight excluding hydrogens is 419 g/mol. The van der Waals surface area contributed by atoms with E-state index in [1.54, 1.807) is 18.7 Å². The first-order valence-corrected chi connectivity index (χ1v) is 9.31. The third-order valence-electron chi connectivity index (χ3n) is 3.91. The van der Waals surface area contributed by atoms with E-state index in [1.807, 2.05) is 0 Å². The van der Waals surface area contributed by atoms with Crippen LogP contribution in [0, 0.1) is 0 Å². The molecule has 0 saturated heterocycles. The number of halogens is 9. The van der Waals surface area contributed by atoms with Gasteiger partial charge in [-0.3, -0.25) is 0 Å². The molecule has 4 nitrogen and oxygen atoms in total. The molecule has 0 unspecified atom stereocenters. The third kappa shape index (κ3) is 4.81. The molecule has 0 bridgehead atoms. The molecule has 0 aliphatic rings. The Morgan fingerprint density at radius 1 is 0.704 bits per heavy atom. The van der Waals surface area contributed by atoms with Gasteiger partial charge < -0.3 is 4.90 Å². The summed E-state index contributed by atoms with van der Waals surface area (Å²) in [5.74, 6) is -14.5. The molecule has 0 amide bonds. The van der Waals surface area contributed by atoms with Crippen molar-refractivity contribution in [3.05, 3.63) is 0 Å². The first-order chi connectivity index (χ1) is 12.0. The van der Waals surface area contributed by atoms with Crippen molar-refractivity contribution in [2.45, 2.75) is 50.5 Å².